The molecule has 27 heavy (non-hydrogen) atoms. The number of nitrogens with one attached hydrogen (secondary N) is 1. The van der Waals surface area contributed by atoms with Crippen molar-refractivity contribution in [2.75, 3.05) is 42.9 Å². The Morgan fingerprint density at radius 3 is 2.63 bits per heavy atom. The van der Waals surface area contributed by atoms with Crippen LogP contribution in [0.5, 0.6) is 0 Å². The van der Waals surface area contributed by atoms with Gasteiger partial charge in [-0.3, -0.25) is 19.4 Å². The Morgan fingerprint density at radius 1 is 1.15 bits per heavy atom. The van der Waals surface area contributed by atoms with Crippen LogP contribution in [0.4, 0.5) is 17.1 Å². The maximum atomic E-state index is 13.6. The van der Waals surface area contributed by atoms with E-state index in [1.54, 1.807) is 4.90 Å². The Bertz CT molecular complexity index is 857. The quantitative estimate of drug-likeness (QED) is 0.884. The number of fused-ring (bicyclic) bond motifs is 2. The van der Waals surface area contributed by atoms with Gasteiger partial charge in [-0.25, -0.2) is 0 Å². The number of rotatable bonds is 3. The third-order valence-electron chi connectivity index (χ3n) is 5.50. The summed E-state index contributed by atoms with van der Waals surface area (Å²) in [5.41, 5.74) is 2.62. The Balaban J connectivity index is 1.67. The van der Waals surface area contributed by atoms with E-state index in [1.807, 2.05) is 41.9 Å². The van der Waals surface area contributed by atoms with Gasteiger partial charge in [0.1, 0.15) is 0 Å². The van der Waals surface area contributed by atoms with Crippen molar-refractivity contribution in [1.29, 1.82) is 0 Å². The van der Waals surface area contributed by atoms with Gasteiger partial charge in [0, 0.05) is 36.9 Å². The molecule has 1 fully saturated rings. The standard InChI is InChI=1S/C20H24N4O2S/c1-3-22-8-10-23(11-9-22)14(2)20(26)24-17-7-5-4-6-16(17)21-19(25)15-12-27-13-18(15)24/h4-7,12-14H,3,8-11H2,1-2H3,(H,21,25). The number of para-hydroxylation sites is 2. The second kappa shape index (κ2) is 7.42. The number of piperazine rings is 1. The molecule has 0 radical (unpaired) electrons. The molecule has 2 aromatic rings. The number of hydrogen-bond donors (Lipinski definition) is 1. The van der Waals surface area contributed by atoms with Gasteiger partial charge in [0.2, 0.25) is 5.91 Å². The molecule has 0 bridgehead atoms. The monoisotopic (exact) mass is 384 g/mol. The lowest BCUT2D eigenvalue weighted by Gasteiger charge is -2.38. The van der Waals surface area contributed by atoms with E-state index in [0.717, 1.165) is 38.4 Å². The normalized spacial score (nSPS) is 19.0. The van der Waals surface area contributed by atoms with Gasteiger partial charge >= 0.3 is 0 Å². The average Bonchev–Trinajstić information content (AvgIpc) is 3.14. The lowest BCUT2D eigenvalue weighted by molar-refractivity contribution is -0.123. The Morgan fingerprint density at radius 2 is 1.89 bits per heavy atom. The summed E-state index contributed by atoms with van der Waals surface area (Å²) in [6.45, 7) is 8.90. The molecule has 0 spiro atoms. The van der Waals surface area contributed by atoms with E-state index in [0.29, 0.717) is 16.9 Å². The average molecular weight is 385 g/mol. The third-order valence-corrected chi connectivity index (χ3v) is 6.23. The number of amides is 2. The molecule has 6 nitrogen and oxygen atoms in total. The zero-order valence-corrected chi connectivity index (χ0v) is 16.5. The van der Waals surface area contributed by atoms with Crippen LogP contribution in [0, 0.1) is 0 Å². The molecule has 2 aliphatic heterocycles. The third kappa shape index (κ3) is 3.26. The van der Waals surface area contributed by atoms with E-state index in [2.05, 4.69) is 22.0 Å². The van der Waals surface area contributed by atoms with E-state index < -0.39 is 0 Å². The van der Waals surface area contributed by atoms with Crippen molar-refractivity contribution in [1.82, 2.24) is 9.80 Å². The first kappa shape index (κ1) is 18.2. The topological polar surface area (TPSA) is 55.9 Å². The maximum absolute atomic E-state index is 13.6. The second-order valence-electron chi connectivity index (χ2n) is 6.96. The van der Waals surface area contributed by atoms with Crippen LogP contribution in [-0.2, 0) is 4.79 Å². The first-order chi connectivity index (χ1) is 13.1. The van der Waals surface area contributed by atoms with Crippen molar-refractivity contribution in [2.24, 2.45) is 0 Å². The van der Waals surface area contributed by atoms with Gasteiger partial charge in [-0.15, -0.1) is 11.3 Å². The summed E-state index contributed by atoms with van der Waals surface area (Å²) < 4.78 is 0. The van der Waals surface area contributed by atoms with E-state index in [-0.39, 0.29) is 17.9 Å². The minimum atomic E-state index is -0.252. The largest absolute Gasteiger partial charge is 0.320 e. The molecular formula is C20H24N4O2S. The van der Waals surface area contributed by atoms with Crippen molar-refractivity contribution < 1.29 is 9.59 Å². The fraction of sp³-hybridized carbons (Fsp3) is 0.400. The summed E-state index contributed by atoms with van der Waals surface area (Å²) in [4.78, 5) is 32.5. The molecule has 7 heteroatoms. The highest BCUT2D eigenvalue weighted by Crippen LogP contribution is 2.40. The molecule has 0 aliphatic carbocycles. The van der Waals surface area contributed by atoms with Gasteiger partial charge in [0.25, 0.3) is 5.91 Å². The van der Waals surface area contributed by atoms with Gasteiger partial charge in [0.05, 0.1) is 28.7 Å². The van der Waals surface area contributed by atoms with Crippen LogP contribution in [0.3, 0.4) is 0 Å². The van der Waals surface area contributed by atoms with Gasteiger partial charge < -0.3 is 10.2 Å². The van der Waals surface area contributed by atoms with Gasteiger partial charge in [-0.2, -0.15) is 0 Å². The zero-order chi connectivity index (χ0) is 19.0. The van der Waals surface area contributed by atoms with Crippen LogP contribution in [0.1, 0.15) is 24.2 Å². The van der Waals surface area contributed by atoms with Crippen molar-refractivity contribution >= 4 is 40.2 Å². The molecule has 4 rings (SSSR count). The van der Waals surface area contributed by atoms with E-state index >= 15 is 0 Å². The number of carbonyl (C=O) groups is 2. The van der Waals surface area contributed by atoms with Crippen LogP contribution >= 0.6 is 11.3 Å². The number of hydrogen-bond acceptors (Lipinski definition) is 5. The van der Waals surface area contributed by atoms with Crippen molar-refractivity contribution in [3.8, 4) is 0 Å². The van der Waals surface area contributed by atoms with Crippen LogP contribution in [-0.4, -0.2) is 60.4 Å². The molecule has 1 atom stereocenters. The zero-order valence-electron chi connectivity index (χ0n) is 15.6. The molecule has 3 heterocycles. The number of nitrogens with zero attached hydrogens (tertiary/aromatic N) is 3. The molecular weight excluding hydrogens is 360 g/mol. The SMILES string of the molecule is CCN1CCN(C(C)C(=O)N2c3ccccc3NC(=O)c3cscc32)CC1. The van der Waals surface area contributed by atoms with E-state index in [9.17, 15) is 9.59 Å². The van der Waals surface area contributed by atoms with Gasteiger partial charge in [0.15, 0.2) is 0 Å². The number of carbonyl (C=O) groups excluding carboxylic acids is 2. The predicted octanol–water partition coefficient (Wildman–Crippen LogP) is 3.00. The Kier molecular flexibility index (Phi) is 4.99. The van der Waals surface area contributed by atoms with Crippen molar-refractivity contribution in [3.63, 3.8) is 0 Å². The number of thiophene rings is 1. The van der Waals surface area contributed by atoms with E-state index in [4.69, 9.17) is 0 Å². The predicted molar refractivity (Wildman–Crippen MR) is 109 cm³/mol. The molecule has 0 saturated carbocycles. The first-order valence-electron chi connectivity index (χ1n) is 9.37. The summed E-state index contributed by atoms with van der Waals surface area (Å²) in [7, 11) is 0. The Hall–Kier alpha value is -2.22. The van der Waals surface area contributed by atoms with Crippen LogP contribution in [0.2, 0.25) is 0 Å². The summed E-state index contributed by atoms with van der Waals surface area (Å²) in [5.74, 6) is -0.165. The fourth-order valence-corrected chi connectivity index (χ4v) is 4.57. The second-order valence-corrected chi connectivity index (χ2v) is 7.71. The van der Waals surface area contributed by atoms with Crippen molar-refractivity contribution in [3.05, 3.63) is 40.6 Å². The fourth-order valence-electron chi connectivity index (χ4n) is 3.77. The molecule has 1 N–H and O–H groups in total. The highest BCUT2D eigenvalue weighted by Gasteiger charge is 2.35. The van der Waals surface area contributed by atoms with Crippen LogP contribution in [0.15, 0.2) is 35.0 Å². The summed E-state index contributed by atoms with van der Waals surface area (Å²) in [5, 5.41) is 6.63. The molecule has 1 unspecified atom stereocenters. The van der Waals surface area contributed by atoms with Crippen molar-refractivity contribution in [2.45, 2.75) is 19.9 Å². The highest BCUT2D eigenvalue weighted by molar-refractivity contribution is 7.08. The molecule has 142 valence electrons. The first-order valence-corrected chi connectivity index (χ1v) is 10.3. The van der Waals surface area contributed by atoms with Gasteiger partial charge in [-0.1, -0.05) is 19.1 Å². The minimum Gasteiger partial charge on any atom is -0.320 e. The molecule has 1 aromatic carbocycles. The molecule has 2 aliphatic rings. The number of anilines is 3. The smallest absolute Gasteiger partial charge is 0.258 e. The van der Waals surface area contributed by atoms with Crippen LogP contribution in [0.25, 0.3) is 0 Å². The lowest BCUT2D eigenvalue weighted by atomic mass is 10.1. The Labute approximate surface area is 163 Å². The number of likely N-dealkylation sites (N-methyl/N-ethyl adjacent to an activating group) is 1. The molecule has 1 aromatic heterocycles. The molecule has 2 amide bonds. The summed E-state index contributed by atoms with van der Waals surface area (Å²) in [6.07, 6.45) is 0. The van der Waals surface area contributed by atoms with E-state index in [1.165, 1.54) is 11.3 Å². The van der Waals surface area contributed by atoms with Crippen LogP contribution < -0.4 is 10.2 Å². The molecule has 1 saturated heterocycles. The lowest BCUT2D eigenvalue weighted by Crippen LogP contribution is -2.54. The highest BCUT2D eigenvalue weighted by atomic mass is 32.1. The summed E-state index contributed by atoms with van der Waals surface area (Å²) >= 11 is 1.44. The minimum absolute atomic E-state index is 0.00329. The number of benzene rings is 1. The maximum Gasteiger partial charge on any atom is 0.258 e. The summed E-state index contributed by atoms with van der Waals surface area (Å²) in [6, 6.07) is 7.24. The van der Waals surface area contributed by atoms with Gasteiger partial charge in [-0.05, 0) is 25.6 Å².